The summed E-state index contributed by atoms with van der Waals surface area (Å²) in [5.41, 5.74) is 6.78. The summed E-state index contributed by atoms with van der Waals surface area (Å²) in [7, 11) is 0. The lowest BCUT2D eigenvalue weighted by Gasteiger charge is -2.37. The number of hydrogen-bond acceptors (Lipinski definition) is 3. The van der Waals surface area contributed by atoms with Gasteiger partial charge in [0.1, 0.15) is 11.5 Å². The first-order valence-electron chi connectivity index (χ1n) is 8.33. The molecule has 1 fully saturated rings. The molecule has 2 aromatic carbocycles. The molecule has 0 unspecified atom stereocenters. The topological polar surface area (TPSA) is 38.7 Å². The number of fused-ring (bicyclic) bond motifs is 1. The van der Waals surface area contributed by atoms with Gasteiger partial charge in [-0.25, -0.2) is 0 Å². The van der Waals surface area contributed by atoms with Crippen molar-refractivity contribution in [1.82, 2.24) is 0 Å². The van der Waals surface area contributed by atoms with E-state index < -0.39 is 0 Å². The van der Waals surface area contributed by atoms with Crippen LogP contribution in [0.15, 0.2) is 30.3 Å². The third-order valence-corrected chi connectivity index (χ3v) is 4.91. The summed E-state index contributed by atoms with van der Waals surface area (Å²) in [5, 5.41) is 10.0. The molecule has 1 aliphatic heterocycles. The van der Waals surface area contributed by atoms with E-state index in [9.17, 15) is 5.11 Å². The van der Waals surface area contributed by atoms with Gasteiger partial charge in [0, 0.05) is 11.0 Å². The number of hydrogen-bond donors (Lipinski definition) is 1. The Hall–Kier alpha value is -2.26. The normalized spacial score (nSPS) is 17.4. The number of benzene rings is 2. The second kappa shape index (κ2) is 5.38. The first kappa shape index (κ1) is 15.3. The number of rotatable bonds is 4. The van der Waals surface area contributed by atoms with Crippen LogP contribution in [0.5, 0.6) is 5.75 Å². The van der Waals surface area contributed by atoms with Gasteiger partial charge in [-0.05, 0) is 59.9 Å². The minimum Gasteiger partial charge on any atom is -0.507 e. The first-order chi connectivity index (χ1) is 11.5. The van der Waals surface area contributed by atoms with E-state index in [4.69, 9.17) is 9.47 Å². The average molecular weight is 322 g/mol. The molecule has 0 radical (unpaired) electrons. The van der Waals surface area contributed by atoms with Crippen molar-refractivity contribution in [2.45, 2.75) is 20.8 Å². The van der Waals surface area contributed by atoms with Crippen molar-refractivity contribution in [3.05, 3.63) is 52.6 Å². The minimum absolute atomic E-state index is 0.138. The van der Waals surface area contributed by atoms with Crippen LogP contribution in [0.2, 0.25) is 0 Å². The van der Waals surface area contributed by atoms with Crippen molar-refractivity contribution in [2.75, 3.05) is 19.8 Å². The molecule has 0 atom stereocenters. The maximum atomic E-state index is 10.0. The van der Waals surface area contributed by atoms with Crippen molar-refractivity contribution in [2.24, 2.45) is 5.41 Å². The highest BCUT2D eigenvalue weighted by molar-refractivity contribution is 5.99. The smallest absolute Gasteiger partial charge is 0.124 e. The van der Waals surface area contributed by atoms with Gasteiger partial charge in [-0.2, -0.15) is 0 Å². The molecule has 1 saturated heterocycles. The Kier molecular flexibility index (Phi) is 3.43. The Bertz CT molecular complexity index is 821. The van der Waals surface area contributed by atoms with Gasteiger partial charge in [-0.1, -0.05) is 25.1 Å². The van der Waals surface area contributed by atoms with Crippen LogP contribution in [0.1, 0.15) is 29.2 Å². The molecule has 0 amide bonds. The standard InChI is InChI=1S/C21H22O3/c1-13-7-16(24-12-21(3)10-23-11-21)8-14(2)19(13)17-6-4-5-15-9-18(22)20(15)17/h4-9,22H,10-12H2,1-3H3. The zero-order chi connectivity index (χ0) is 16.9. The second-order valence-corrected chi connectivity index (χ2v) is 7.32. The molecular weight excluding hydrogens is 300 g/mol. The monoisotopic (exact) mass is 322 g/mol. The lowest BCUT2D eigenvalue weighted by molar-refractivity contribution is -0.120. The molecule has 3 heteroatoms. The van der Waals surface area contributed by atoms with Crippen LogP contribution in [0.3, 0.4) is 0 Å². The van der Waals surface area contributed by atoms with Crippen LogP contribution in [-0.4, -0.2) is 24.9 Å². The maximum Gasteiger partial charge on any atom is 0.124 e. The van der Waals surface area contributed by atoms with Crippen LogP contribution >= 0.6 is 0 Å². The molecule has 0 spiro atoms. The molecule has 24 heavy (non-hydrogen) atoms. The molecule has 4 rings (SSSR count). The first-order valence-corrected chi connectivity index (χ1v) is 8.33. The van der Waals surface area contributed by atoms with Crippen molar-refractivity contribution >= 4 is 11.8 Å². The number of ether oxygens (including phenoxy) is 2. The Morgan fingerprint density at radius 3 is 2.42 bits per heavy atom. The second-order valence-electron chi connectivity index (χ2n) is 7.32. The van der Waals surface area contributed by atoms with E-state index in [1.54, 1.807) is 0 Å². The van der Waals surface area contributed by atoms with Crippen LogP contribution in [-0.2, 0) is 4.74 Å². The lowest BCUT2D eigenvalue weighted by atomic mass is 9.84. The van der Waals surface area contributed by atoms with Gasteiger partial charge in [0.2, 0.25) is 0 Å². The number of aryl methyl sites for hydroxylation is 2. The molecule has 1 heterocycles. The molecule has 0 aromatic heterocycles. The highest BCUT2D eigenvalue weighted by Gasteiger charge is 2.34. The van der Waals surface area contributed by atoms with E-state index >= 15 is 0 Å². The molecule has 0 bridgehead atoms. The molecule has 2 aliphatic rings. The summed E-state index contributed by atoms with van der Waals surface area (Å²) >= 11 is 0. The largest absolute Gasteiger partial charge is 0.507 e. The van der Waals surface area contributed by atoms with Gasteiger partial charge in [-0.15, -0.1) is 0 Å². The molecular formula is C21H22O3. The fourth-order valence-electron chi connectivity index (χ4n) is 3.55. The summed E-state index contributed by atoms with van der Waals surface area (Å²) < 4.78 is 11.3. The lowest BCUT2D eigenvalue weighted by Crippen LogP contribution is -2.44. The third-order valence-electron chi connectivity index (χ3n) is 4.91. The van der Waals surface area contributed by atoms with E-state index in [-0.39, 0.29) is 5.41 Å². The molecule has 124 valence electrons. The fourth-order valence-corrected chi connectivity index (χ4v) is 3.55. The Balaban J connectivity index is 1.65. The van der Waals surface area contributed by atoms with Gasteiger partial charge < -0.3 is 14.6 Å². The van der Waals surface area contributed by atoms with Gasteiger partial charge in [0.15, 0.2) is 0 Å². The van der Waals surface area contributed by atoms with E-state index in [0.29, 0.717) is 12.4 Å². The van der Waals surface area contributed by atoms with Gasteiger partial charge >= 0.3 is 0 Å². The average Bonchev–Trinajstić information content (AvgIpc) is 2.49. The van der Waals surface area contributed by atoms with Crippen molar-refractivity contribution in [1.29, 1.82) is 0 Å². The van der Waals surface area contributed by atoms with E-state index in [2.05, 4.69) is 39.0 Å². The van der Waals surface area contributed by atoms with Crippen LogP contribution < -0.4 is 4.74 Å². The van der Waals surface area contributed by atoms with Crippen LogP contribution in [0.25, 0.3) is 23.0 Å². The van der Waals surface area contributed by atoms with Crippen LogP contribution in [0.4, 0.5) is 0 Å². The highest BCUT2D eigenvalue weighted by Crippen LogP contribution is 2.41. The molecule has 1 aliphatic carbocycles. The zero-order valence-electron chi connectivity index (χ0n) is 14.3. The highest BCUT2D eigenvalue weighted by atomic mass is 16.5. The summed E-state index contributed by atoms with van der Waals surface area (Å²) in [5.74, 6) is 1.27. The Morgan fingerprint density at radius 2 is 1.83 bits per heavy atom. The third kappa shape index (κ3) is 2.40. The molecule has 0 saturated carbocycles. The van der Waals surface area contributed by atoms with Gasteiger partial charge in [0.05, 0.1) is 19.8 Å². The van der Waals surface area contributed by atoms with E-state index in [1.165, 1.54) is 5.56 Å². The van der Waals surface area contributed by atoms with Gasteiger partial charge in [0.25, 0.3) is 0 Å². The molecule has 3 nitrogen and oxygen atoms in total. The van der Waals surface area contributed by atoms with Crippen molar-refractivity contribution in [3.63, 3.8) is 0 Å². The molecule has 2 aromatic rings. The summed E-state index contributed by atoms with van der Waals surface area (Å²) in [6, 6.07) is 10.3. The van der Waals surface area contributed by atoms with Gasteiger partial charge in [-0.3, -0.25) is 0 Å². The van der Waals surface area contributed by atoms with Crippen molar-refractivity contribution in [3.8, 4) is 16.9 Å². The Labute approximate surface area is 142 Å². The maximum absolute atomic E-state index is 10.0. The fraction of sp³-hybridized carbons (Fsp3) is 0.333. The number of aliphatic hydroxyl groups is 1. The summed E-state index contributed by atoms with van der Waals surface area (Å²) in [6.07, 6.45) is 1.81. The minimum atomic E-state index is 0.138. The summed E-state index contributed by atoms with van der Waals surface area (Å²) in [4.78, 5) is 0. The predicted octanol–water partition coefficient (Wildman–Crippen LogP) is 4.76. The van der Waals surface area contributed by atoms with Crippen molar-refractivity contribution < 1.29 is 14.6 Å². The van der Waals surface area contributed by atoms with E-state index in [1.807, 2.05) is 18.2 Å². The quantitative estimate of drug-likeness (QED) is 0.882. The van der Waals surface area contributed by atoms with Crippen LogP contribution in [0, 0.1) is 19.3 Å². The Morgan fingerprint density at radius 1 is 1.12 bits per heavy atom. The SMILES string of the molecule is Cc1cc(OCC2(C)COC2)cc(C)c1-c1cccc2c1C(O)=C2. The predicted molar refractivity (Wildman–Crippen MR) is 96.3 cm³/mol. The zero-order valence-corrected chi connectivity index (χ0v) is 14.3. The van der Waals surface area contributed by atoms with E-state index in [0.717, 1.165) is 46.8 Å². The summed E-state index contributed by atoms with van der Waals surface area (Å²) in [6.45, 7) is 8.60. The molecule has 1 N–H and O–H groups in total. The number of aliphatic hydroxyl groups excluding tert-OH is 1.